The lowest BCUT2D eigenvalue weighted by molar-refractivity contribution is -0.161. The van der Waals surface area contributed by atoms with Crippen molar-refractivity contribution in [2.45, 2.75) is 38.3 Å². The van der Waals surface area contributed by atoms with Gasteiger partial charge in [0.05, 0.1) is 6.04 Å². The maximum atomic E-state index is 12.2. The van der Waals surface area contributed by atoms with Crippen LogP contribution in [0.1, 0.15) is 26.2 Å². The highest BCUT2D eigenvalue weighted by atomic mass is 16.2. The van der Waals surface area contributed by atoms with Crippen molar-refractivity contribution in [2.24, 2.45) is 0 Å². The molecule has 6 nitrogen and oxygen atoms in total. The summed E-state index contributed by atoms with van der Waals surface area (Å²) in [4.78, 5) is 35.6. The zero-order valence-corrected chi connectivity index (χ0v) is 10.1. The van der Waals surface area contributed by atoms with E-state index in [-0.39, 0.29) is 23.6 Å². The molecule has 2 fully saturated rings. The molecule has 1 N–H and O–H groups in total. The number of hydrogen-bond donors (Lipinski definition) is 1. The molecular weight excluding hydrogens is 222 g/mol. The zero-order chi connectivity index (χ0) is 12.6. The third-order valence-corrected chi connectivity index (χ3v) is 3.45. The van der Waals surface area contributed by atoms with Crippen LogP contribution in [-0.2, 0) is 14.4 Å². The van der Waals surface area contributed by atoms with Crippen LogP contribution in [0.5, 0.6) is 0 Å². The number of likely N-dealkylation sites (N-methyl/N-ethyl adjacent to an activating group) is 1. The largest absolute Gasteiger partial charge is 0.309 e. The second kappa shape index (κ2) is 4.44. The van der Waals surface area contributed by atoms with E-state index in [0.29, 0.717) is 25.8 Å². The summed E-state index contributed by atoms with van der Waals surface area (Å²) in [7, 11) is 1.70. The molecule has 2 heterocycles. The van der Waals surface area contributed by atoms with Crippen molar-refractivity contribution in [1.29, 1.82) is 0 Å². The number of rotatable bonds is 2. The molecule has 2 aliphatic rings. The van der Waals surface area contributed by atoms with E-state index >= 15 is 0 Å². The molecule has 2 amide bonds. The average Bonchev–Trinajstić information content (AvgIpc) is 2.69. The molecule has 2 aliphatic heterocycles. The number of fused-ring (bicyclic) bond motifs is 1. The number of nitrogens with one attached hydrogen (secondary N) is 1. The minimum atomic E-state index is -0.472. The van der Waals surface area contributed by atoms with Crippen LogP contribution < -0.4 is 5.32 Å². The van der Waals surface area contributed by atoms with Crippen molar-refractivity contribution >= 4 is 17.6 Å². The molecule has 0 saturated carbocycles. The summed E-state index contributed by atoms with van der Waals surface area (Å²) in [6, 6.07) is -0.843. The molecule has 0 aliphatic carbocycles. The van der Waals surface area contributed by atoms with E-state index in [1.165, 1.54) is 16.9 Å². The first-order chi connectivity index (χ1) is 8.06. The second-order valence-corrected chi connectivity index (χ2v) is 4.49. The van der Waals surface area contributed by atoms with E-state index in [2.05, 4.69) is 5.32 Å². The number of ketones is 1. The van der Waals surface area contributed by atoms with Crippen molar-refractivity contribution in [2.75, 3.05) is 13.6 Å². The summed E-state index contributed by atoms with van der Waals surface area (Å²) in [6.45, 7) is 1.93. The van der Waals surface area contributed by atoms with Crippen molar-refractivity contribution < 1.29 is 14.4 Å². The van der Waals surface area contributed by atoms with Gasteiger partial charge in [0, 0.05) is 13.0 Å². The van der Waals surface area contributed by atoms with Gasteiger partial charge in [-0.3, -0.25) is 19.4 Å². The molecule has 0 aromatic heterocycles. The summed E-state index contributed by atoms with van der Waals surface area (Å²) in [5.41, 5.74) is 0. The van der Waals surface area contributed by atoms with Gasteiger partial charge in [0.15, 0.2) is 5.78 Å². The van der Waals surface area contributed by atoms with Crippen LogP contribution in [0.15, 0.2) is 0 Å². The van der Waals surface area contributed by atoms with E-state index in [1.807, 2.05) is 0 Å². The lowest BCUT2D eigenvalue weighted by Gasteiger charge is -2.30. The highest BCUT2D eigenvalue weighted by Crippen LogP contribution is 2.25. The van der Waals surface area contributed by atoms with Gasteiger partial charge in [-0.2, -0.15) is 0 Å². The van der Waals surface area contributed by atoms with Crippen LogP contribution in [0.3, 0.4) is 0 Å². The fraction of sp³-hybridized carbons (Fsp3) is 0.727. The van der Waals surface area contributed by atoms with Gasteiger partial charge in [-0.25, -0.2) is 5.01 Å². The van der Waals surface area contributed by atoms with Crippen molar-refractivity contribution in [3.8, 4) is 0 Å². The number of amides is 2. The lowest BCUT2D eigenvalue weighted by atomic mass is 10.1. The molecule has 6 heteroatoms. The maximum absolute atomic E-state index is 12.2. The Morgan fingerprint density at radius 2 is 2.06 bits per heavy atom. The Morgan fingerprint density at radius 1 is 1.35 bits per heavy atom. The quantitative estimate of drug-likeness (QED) is 0.692. The fourth-order valence-electron chi connectivity index (χ4n) is 2.48. The summed E-state index contributed by atoms with van der Waals surface area (Å²) in [6.07, 6.45) is 1.38. The minimum Gasteiger partial charge on any atom is -0.309 e. The third kappa shape index (κ3) is 1.93. The number of Topliss-reactive ketones (excluding diaryl/α,β-unsaturated/α-hetero) is 1. The highest BCUT2D eigenvalue weighted by Gasteiger charge is 2.44. The van der Waals surface area contributed by atoms with Crippen LogP contribution in [0, 0.1) is 0 Å². The topological polar surface area (TPSA) is 69.7 Å². The van der Waals surface area contributed by atoms with Crippen molar-refractivity contribution in [3.63, 3.8) is 0 Å². The summed E-state index contributed by atoms with van der Waals surface area (Å²) in [5, 5.41) is 5.70. The number of carbonyl (C=O) groups is 3. The van der Waals surface area contributed by atoms with Gasteiger partial charge in [0.1, 0.15) is 6.04 Å². The van der Waals surface area contributed by atoms with Gasteiger partial charge < -0.3 is 5.32 Å². The Hall–Kier alpha value is -1.43. The summed E-state index contributed by atoms with van der Waals surface area (Å²) >= 11 is 0. The Kier molecular flexibility index (Phi) is 3.15. The Balaban J connectivity index is 2.31. The van der Waals surface area contributed by atoms with Crippen molar-refractivity contribution in [1.82, 2.24) is 15.3 Å². The fourth-order valence-corrected chi connectivity index (χ4v) is 2.48. The number of carbonyl (C=O) groups excluding carboxylic acids is 3. The first kappa shape index (κ1) is 12.0. The van der Waals surface area contributed by atoms with Crippen LogP contribution in [0.2, 0.25) is 0 Å². The molecule has 2 atom stereocenters. The molecule has 17 heavy (non-hydrogen) atoms. The molecule has 2 saturated heterocycles. The molecule has 0 aromatic rings. The zero-order valence-electron chi connectivity index (χ0n) is 10.1. The first-order valence-corrected chi connectivity index (χ1v) is 5.87. The van der Waals surface area contributed by atoms with Crippen LogP contribution in [0.25, 0.3) is 0 Å². The lowest BCUT2D eigenvalue weighted by Crippen LogP contribution is -2.53. The third-order valence-electron chi connectivity index (χ3n) is 3.45. The summed E-state index contributed by atoms with van der Waals surface area (Å²) in [5.74, 6) is -0.304. The second-order valence-electron chi connectivity index (χ2n) is 4.49. The minimum absolute atomic E-state index is 0.0644. The van der Waals surface area contributed by atoms with Gasteiger partial charge in [-0.05, 0) is 26.8 Å². The van der Waals surface area contributed by atoms with Gasteiger partial charge in [-0.15, -0.1) is 0 Å². The van der Waals surface area contributed by atoms with E-state index in [1.54, 1.807) is 7.05 Å². The van der Waals surface area contributed by atoms with Crippen LogP contribution in [0.4, 0.5) is 0 Å². The number of hydrogen-bond acceptors (Lipinski definition) is 4. The average molecular weight is 239 g/mol. The van der Waals surface area contributed by atoms with Gasteiger partial charge in [-0.1, -0.05) is 0 Å². The molecule has 2 unspecified atom stereocenters. The number of nitrogens with zero attached hydrogens (tertiary/aromatic N) is 2. The molecule has 94 valence electrons. The van der Waals surface area contributed by atoms with E-state index < -0.39 is 6.04 Å². The Bertz CT molecular complexity index is 369. The van der Waals surface area contributed by atoms with Gasteiger partial charge in [0.25, 0.3) is 5.91 Å². The maximum Gasteiger partial charge on any atom is 0.258 e. The predicted octanol–water partition coefficient (Wildman–Crippen LogP) is -0.698. The molecule has 0 bridgehead atoms. The molecule has 0 spiro atoms. The summed E-state index contributed by atoms with van der Waals surface area (Å²) < 4.78 is 0. The van der Waals surface area contributed by atoms with E-state index in [0.717, 1.165) is 0 Å². The monoisotopic (exact) mass is 239 g/mol. The van der Waals surface area contributed by atoms with Crippen LogP contribution >= 0.6 is 0 Å². The molecular formula is C11H17N3O3. The Labute approximate surface area is 99.9 Å². The van der Waals surface area contributed by atoms with Gasteiger partial charge in [0.2, 0.25) is 5.91 Å². The van der Waals surface area contributed by atoms with E-state index in [9.17, 15) is 14.4 Å². The van der Waals surface area contributed by atoms with Crippen LogP contribution in [-0.4, -0.2) is 53.3 Å². The molecule has 2 rings (SSSR count). The Morgan fingerprint density at radius 3 is 2.65 bits per heavy atom. The smallest absolute Gasteiger partial charge is 0.258 e. The first-order valence-electron chi connectivity index (χ1n) is 5.87. The SMILES string of the molecule is CNC1CCC(=O)N2CCC(C(C)=O)N2C1=O. The molecule has 0 aromatic carbocycles. The van der Waals surface area contributed by atoms with Gasteiger partial charge >= 0.3 is 0 Å². The number of hydrazine groups is 1. The highest BCUT2D eigenvalue weighted by molar-refractivity contribution is 5.93. The van der Waals surface area contributed by atoms with Crippen molar-refractivity contribution in [3.05, 3.63) is 0 Å². The normalized spacial score (nSPS) is 29.3. The predicted molar refractivity (Wildman–Crippen MR) is 59.7 cm³/mol. The standard InChI is InChI=1S/C11H17N3O3/c1-7(15)9-5-6-13-10(16)4-3-8(12-2)11(17)14(9)13/h8-9,12H,3-6H2,1-2H3. The molecule has 0 radical (unpaired) electrons. The van der Waals surface area contributed by atoms with E-state index in [4.69, 9.17) is 0 Å².